The van der Waals surface area contributed by atoms with Gasteiger partial charge in [0.1, 0.15) is 0 Å². The maximum Gasteiger partial charge on any atom is 0.0720 e. The van der Waals surface area contributed by atoms with Crippen molar-refractivity contribution in [3.63, 3.8) is 0 Å². The van der Waals surface area contributed by atoms with Crippen molar-refractivity contribution in [3.8, 4) is 0 Å². The molecule has 0 atom stereocenters. The minimum atomic E-state index is 0.438. The largest absolute Gasteiger partial charge is 0.373 e. The first-order valence-corrected chi connectivity index (χ1v) is 6.99. The van der Waals surface area contributed by atoms with Crippen molar-refractivity contribution in [1.29, 1.82) is 0 Å². The summed E-state index contributed by atoms with van der Waals surface area (Å²) in [6.07, 6.45) is 2.71. The fourth-order valence-electron chi connectivity index (χ4n) is 2.20. The van der Waals surface area contributed by atoms with E-state index in [2.05, 4.69) is 41.8 Å². The summed E-state index contributed by atoms with van der Waals surface area (Å²) in [7, 11) is 0. The van der Waals surface area contributed by atoms with Crippen LogP contribution in [0.3, 0.4) is 0 Å². The van der Waals surface area contributed by atoms with Gasteiger partial charge in [0, 0.05) is 6.54 Å². The zero-order valence-corrected chi connectivity index (χ0v) is 11.2. The smallest absolute Gasteiger partial charge is 0.0720 e. The van der Waals surface area contributed by atoms with E-state index in [1.54, 1.807) is 0 Å². The molecule has 0 bridgehead atoms. The fourth-order valence-corrected chi connectivity index (χ4v) is 2.20. The van der Waals surface area contributed by atoms with Gasteiger partial charge in [-0.15, -0.1) is 0 Å². The van der Waals surface area contributed by atoms with Gasteiger partial charge in [-0.2, -0.15) is 0 Å². The van der Waals surface area contributed by atoms with Gasteiger partial charge in [0.2, 0.25) is 0 Å². The molecule has 0 aromatic heterocycles. The summed E-state index contributed by atoms with van der Waals surface area (Å²) >= 11 is 0. The van der Waals surface area contributed by atoms with Crippen molar-refractivity contribution in [1.82, 2.24) is 10.6 Å². The van der Waals surface area contributed by atoms with Crippen LogP contribution in [0.1, 0.15) is 30.9 Å². The van der Waals surface area contributed by atoms with Crippen LogP contribution in [0, 0.1) is 0 Å². The third-order valence-corrected chi connectivity index (χ3v) is 3.37. The van der Waals surface area contributed by atoms with Crippen LogP contribution in [-0.4, -0.2) is 25.7 Å². The highest BCUT2D eigenvalue weighted by molar-refractivity contribution is 5.21. The van der Waals surface area contributed by atoms with Crippen molar-refractivity contribution in [2.75, 3.05) is 19.6 Å². The van der Waals surface area contributed by atoms with Gasteiger partial charge < -0.3 is 15.4 Å². The van der Waals surface area contributed by atoms with Gasteiger partial charge in [-0.1, -0.05) is 31.2 Å². The van der Waals surface area contributed by atoms with Crippen molar-refractivity contribution in [2.45, 2.75) is 39.0 Å². The van der Waals surface area contributed by atoms with Crippen LogP contribution in [0.4, 0.5) is 0 Å². The second-order valence-electron chi connectivity index (χ2n) is 4.86. The normalized spacial score (nSPS) is 16.9. The minimum Gasteiger partial charge on any atom is -0.373 e. The lowest BCUT2D eigenvalue weighted by Gasteiger charge is -2.23. The Morgan fingerprint density at radius 3 is 2.50 bits per heavy atom. The Morgan fingerprint density at radius 2 is 1.83 bits per heavy atom. The van der Waals surface area contributed by atoms with E-state index >= 15 is 0 Å². The molecule has 0 spiro atoms. The van der Waals surface area contributed by atoms with Gasteiger partial charge in [0.25, 0.3) is 0 Å². The molecule has 0 unspecified atom stereocenters. The SMILES string of the molecule is CCNCc1ccc(COC2CCNCC2)cc1. The maximum absolute atomic E-state index is 5.93. The molecule has 1 aliphatic heterocycles. The molecule has 0 amide bonds. The van der Waals surface area contributed by atoms with Crippen LogP contribution in [0.25, 0.3) is 0 Å². The van der Waals surface area contributed by atoms with Crippen molar-refractivity contribution >= 4 is 0 Å². The van der Waals surface area contributed by atoms with E-state index < -0.39 is 0 Å². The summed E-state index contributed by atoms with van der Waals surface area (Å²) in [6.45, 7) is 7.01. The first-order chi connectivity index (χ1) is 8.88. The Balaban J connectivity index is 1.75. The Bertz CT molecular complexity index is 331. The number of hydrogen-bond acceptors (Lipinski definition) is 3. The van der Waals surface area contributed by atoms with Gasteiger partial charge >= 0.3 is 0 Å². The highest BCUT2D eigenvalue weighted by atomic mass is 16.5. The van der Waals surface area contributed by atoms with Gasteiger partial charge in [0.15, 0.2) is 0 Å². The molecule has 100 valence electrons. The molecule has 1 heterocycles. The van der Waals surface area contributed by atoms with E-state index in [0.717, 1.165) is 45.6 Å². The minimum absolute atomic E-state index is 0.438. The first kappa shape index (κ1) is 13.5. The van der Waals surface area contributed by atoms with E-state index in [1.165, 1.54) is 11.1 Å². The van der Waals surface area contributed by atoms with E-state index in [-0.39, 0.29) is 0 Å². The number of benzene rings is 1. The molecule has 0 saturated carbocycles. The number of nitrogens with one attached hydrogen (secondary N) is 2. The van der Waals surface area contributed by atoms with E-state index in [4.69, 9.17) is 4.74 Å². The molecular weight excluding hydrogens is 224 g/mol. The molecule has 1 fully saturated rings. The second-order valence-corrected chi connectivity index (χ2v) is 4.86. The zero-order chi connectivity index (χ0) is 12.6. The van der Waals surface area contributed by atoms with Crippen LogP contribution >= 0.6 is 0 Å². The Kier molecular flexibility index (Phi) is 5.65. The standard InChI is InChI=1S/C15H24N2O/c1-2-16-11-13-3-5-14(6-4-13)12-18-15-7-9-17-10-8-15/h3-6,15-17H,2,7-12H2,1H3. The predicted molar refractivity (Wildman–Crippen MR) is 74.5 cm³/mol. The third kappa shape index (κ3) is 4.41. The van der Waals surface area contributed by atoms with Crippen molar-refractivity contribution in [2.24, 2.45) is 0 Å². The summed E-state index contributed by atoms with van der Waals surface area (Å²) in [5, 5.41) is 6.68. The Morgan fingerprint density at radius 1 is 1.17 bits per heavy atom. The van der Waals surface area contributed by atoms with Crippen molar-refractivity contribution < 1.29 is 4.74 Å². The highest BCUT2D eigenvalue weighted by Gasteiger charge is 2.12. The lowest BCUT2D eigenvalue weighted by Crippen LogP contribution is -2.32. The van der Waals surface area contributed by atoms with Gasteiger partial charge in [-0.3, -0.25) is 0 Å². The number of rotatable bonds is 6. The van der Waals surface area contributed by atoms with E-state index in [9.17, 15) is 0 Å². The summed E-state index contributed by atoms with van der Waals surface area (Å²) in [5.41, 5.74) is 2.61. The zero-order valence-electron chi connectivity index (χ0n) is 11.2. The van der Waals surface area contributed by atoms with Crippen LogP contribution in [0.5, 0.6) is 0 Å². The van der Waals surface area contributed by atoms with Crippen LogP contribution in [0.2, 0.25) is 0 Å². The molecule has 1 aliphatic rings. The average Bonchev–Trinajstić information content (AvgIpc) is 2.45. The molecule has 3 nitrogen and oxygen atoms in total. The molecule has 0 radical (unpaired) electrons. The van der Waals surface area contributed by atoms with Gasteiger partial charge in [-0.25, -0.2) is 0 Å². The van der Waals surface area contributed by atoms with E-state index in [0.29, 0.717) is 6.10 Å². The average molecular weight is 248 g/mol. The fraction of sp³-hybridized carbons (Fsp3) is 0.600. The summed E-state index contributed by atoms with van der Waals surface area (Å²) in [4.78, 5) is 0. The maximum atomic E-state index is 5.93. The second kappa shape index (κ2) is 7.52. The number of ether oxygens (including phenoxy) is 1. The number of hydrogen-bond donors (Lipinski definition) is 2. The first-order valence-electron chi connectivity index (χ1n) is 6.99. The quantitative estimate of drug-likeness (QED) is 0.808. The summed E-state index contributed by atoms with van der Waals surface area (Å²) in [5.74, 6) is 0. The topological polar surface area (TPSA) is 33.3 Å². The monoisotopic (exact) mass is 248 g/mol. The third-order valence-electron chi connectivity index (χ3n) is 3.37. The Labute approximate surface area is 110 Å². The van der Waals surface area contributed by atoms with Crippen LogP contribution in [0.15, 0.2) is 24.3 Å². The molecule has 1 saturated heterocycles. The highest BCUT2D eigenvalue weighted by Crippen LogP contribution is 2.12. The molecule has 0 aliphatic carbocycles. The molecule has 2 N–H and O–H groups in total. The van der Waals surface area contributed by atoms with Gasteiger partial charge in [-0.05, 0) is 43.6 Å². The molecule has 2 rings (SSSR count). The number of piperidine rings is 1. The van der Waals surface area contributed by atoms with E-state index in [1.807, 2.05) is 0 Å². The molecular formula is C15H24N2O. The molecule has 3 heteroatoms. The summed E-state index contributed by atoms with van der Waals surface area (Å²) in [6, 6.07) is 8.72. The van der Waals surface area contributed by atoms with Crippen molar-refractivity contribution in [3.05, 3.63) is 35.4 Å². The summed E-state index contributed by atoms with van der Waals surface area (Å²) < 4.78 is 5.93. The molecule has 1 aromatic rings. The van der Waals surface area contributed by atoms with Gasteiger partial charge in [0.05, 0.1) is 12.7 Å². The lowest BCUT2D eigenvalue weighted by molar-refractivity contribution is 0.0212. The molecule has 1 aromatic carbocycles. The molecule has 18 heavy (non-hydrogen) atoms. The Hall–Kier alpha value is -0.900. The lowest BCUT2D eigenvalue weighted by atomic mass is 10.1. The predicted octanol–water partition coefficient (Wildman–Crippen LogP) is 2.06. The van der Waals surface area contributed by atoms with Crippen LogP contribution < -0.4 is 10.6 Å². The van der Waals surface area contributed by atoms with Crippen LogP contribution in [-0.2, 0) is 17.9 Å².